The van der Waals surface area contributed by atoms with Crippen LogP contribution in [-0.4, -0.2) is 38.0 Å². The zero-order chi connectivity index (χ0) is 16.0. The Morgan fingerprint density at radius 1 is 1.10 bits per heavy atom. The molecule has 0 aliphatic rings. The van der Waals surface area contributed by atoms with E-state index in [4.69, 9.17) is 18.9 Å². The van der Waals surface area contributed by atoms with Gasteiger partial charge in [0, 0.05) is 12.1 Å². The summed E-state index contributed by atoms with van der Waals surface area (Å²) in [6.45, 7) is 6.58. The average Bonchev–Trinajstić information content (AvgIpc) is 2.41. The molecule has 1 aromatic rings. The van der Waals surface area contributed by atoms with Crippen LogP contribution in [-0.2, 0) is 4.74 Å². The number of nitro groups is 1. The summed E-state index contributed by atoms with van der Waals surface area (Å²) in [6.07, 6.45) is 0. The van der Waals surface area contributed by atoms with Gasteiger partial charge in [0.25, 0.3) is 0 Å². The number of nitrogens with zero attached hydrogens (tertiary/aromatic N) is 1. The average molecular weight is 299 g/mol. The molecule has 0 heterocycles. The van der Waals surface area contributed by atoms with E-state index in [1.54, 1.807) is 0 Å². The second-order valence-electron chi connectivity index (χ2n) is 5.24. The zero-order valence-electron chi connectivity index (χ0n) is 13.0. The Morgan fingerprint density at radius 2 is 1.62 bits per heavy atom. The Hall–Kier alpha value is -2.02. The quantitative estimate of drug-likeness (QED) is 0.437. The van der Waals surface area contributed by atoms with Gasteiger partial charge in [-0.2, -0.15) is 0 Å². The molecule has 0 radical (unpaired) electrons. The Morgan fingerprint density at radius 3 is 2.00 bits per heavy atom. The lowest BCUT2D eigenvalue weighted by Crippen LogP contribution is -2.22. The fraction of sp³-hybridized carbons (Fsp3) is 0.571. The minimum absolute atomic E-state index is 0.0890. The first-order valence-corrected chi connectivity index (χ1v) is 6.45. The molecule has 7 heteroatoms. The summed E-state index contributed by atoms with van der Waals surface area (Å²) in [5.41, 5.74) is -0.466. The van der Waals surface area contributed by atoms with E-state index in [0.29, 0.717) is 19.0 Å². The van der Waals surface area contributed by atoms with Crippen LogP contribution in [0.1, 0.15) is 20.8 Å². The maximum atomic E-state index is 11.0. The molecule has 1 aromatic carbocycles. The van der Waals surface area contributed by atoms with E-state index in [1.807, 2.05) is 20.8 Å². The van der Waals surface area contributed by atoms with Crippen molar-refractivity contribution in [3.63, 3.8) is 0 Å². The van der Waals surface area contributed by atoms with Crippen molar-refractivity contribution in [2.24, 2.45) is 0 Å². The highest BCUT2D eigenvalue weighted by atomic mass is 16.6. The maximum Gasteiger partial charge on any atom is 0.352 e. The van der Waals surface area contributed by atoms with Crippen LogP contribution < -0.4 is 14.2 Å². The highest BCUT2D eigenvalue weighted by molar-refractivity contribution is 5.61. The van der Waals surface area contributed by atoms with Crippen molar-refractivity contribution in [3.05, 3.63) is 22.2 Å². The van der Waals surface area contributed by atoms with Gasteiger partial charge in [0.05, 0.1) is 31.4 Å². The Bertz CT molecular complexity index is 470. The van der Waals surface area contributed by atoms with Gasteiger partial charge in [-0.1, -0.05) is 0 Å². The van der Waals surface area contributed by atoms with Gasteiger partial charge in [-0.25, -0.2) is 0 Å². The smallest absolute Gasteiger partial charge is 0.352 e. The molecule has 0 aliphatic heterocycles. The van der Waals surface area contributed by atoms with Gasteiger partial charge in [-0.15, -0.1) is 0 Å². The van der Waals surface area contributed by atoms with E-state index in [9.17, 15) is 10.1 Å². The molecule has 0 N–H and O–H groups in total. The molecule has 7 nitrogen and oxygen atoms in total. The van der Waals surface area contributed by atoms with Crippen LogP contribution in [0.5, 0.6) is 17.2 Å². The lowest BCUT2D eigenvalue weighted by molar-refractivity contribution is -0.386. The van der Waals surface area contributed by atoms with Crippen molar-refractivity contribution in [1.82, 2.24) is 0 Å². The summed E-state index contributed by atoms with van der Waals surface area (Å²) in [7, 11) is 2.71. The summed E-state index contributed by atoms with van der Waals surface area (Å²) in [6, 6.07) is 2.91. The summed E-state index contributed by atoms with van der Waals surface area (Å²) in [5.74, 6) is 0.601. The minimum Gasteiger partial charge on any atom is -0.491 e. The van der Waals surface area contributed by atoms with Gasteiger partial charge >= 0.3 is 5.69 Å². The molecule has 21 heavy (non-hydrogen) atoms. The molecule has 0 atom stereocenters. The largest absolute Gasteiger partial charge is 0.491 e. The molecule has 0 saturated carbocycles. The van der Waals surface area contributed by atoms with E-state index >= 15 is 0 Å². The molecule has 0 bridgehead atoms. The van der Waals surface area contributed by atoms with Crippen molar-refractivity contribution in [2.75, 3.05) is 27.4 Å². The monoisotopic (exact) mass is 299 g/mol. The first-order valence-electron chi connectivity index (χ1n) is 6.45. The van der Waals surface area contributed by atoms with Crippen LogP contribution in [0.4, 0.5) is 5.69 Å². The molecule has 0 amide bonds. The number of hydrogen-bond donors (Lipinski definition) is 0. The van der Waals surface area contributed by atoms with E-state index in [-0.39, 0.29) is 22.8 Å². The number of hydrogen-bond acceptors (Lipinski definition) is 6. The number of methoxy groups -OCH3 is 2. The van der Waals surface area contributed by atoms with Crippen LogP contribution in [0.25, 0.3) is 0 Å². The lowest BCUT2D eigenvalue weighted by Gasteiger charge is -2.19. The van der Waals surface area contributed by atoms with Gasteiger partial charge in [-0.3, -0.25) is 10.1 Å². The molecule has 0 aromatic heterocycles. The van der Waals surface area contributed by atoms with E-state index < -0.39 is 4.92 Å². The van der Waals surface area contributed by atoms with Crippen LogP contribution >= 0.6 is 0 Å². The predicted molar refractivity (Wildman–Crippen MR) is 77.4 cm³/mol. The second kappa shape index (κ2) is 7.12. The molecule has 0 fully saturated rings. The van der Waals surface area contributed by atoms with Gasteiger partial charge < -0.3 is 18.9 Å². The van der Waals surface area contributed by atoms with E-state index in [2.05, 4.69) is 0 Å². The third kappa shape index (κ3) is 5.11. The van der Waals surface area contributed by atoms with Gasteiger partial charge in [0.2, 0.25) is 11.5 Å². The topological polar surface area (TPSA) is 80.1 Å². The molecule has 1 rings (SSSR count). The fourth-order valence-electron chi connectivity index (χ4n) is 1.64. The predicted octanol–water partition coefficient (Wildman–Crippen LogP) is 2.81. The second-order valence-corrected chi connectivity index (χ2v) is 5.24. The van der Waals surface area contributed by atoms with Crippen LogP contribution in [0.2, 0.25) is 0 Å². The molecule has 0 aliphatic carbocycles. The van der Waals surface area contributed by atoms with Crippen molar-refractivity contribution in [3.8, 4) is 17.2 Å². The number of nitro benzene ring substituents is 1. The summed E-state index contributed by atoms with van der Waals surface area (Å²) in [4.78, 5) is 10.5. The maximum absolute atomic E-state index is 11.0. The third-order valence-corrected chi connectivity index (χ3v) is 2.52. The summed E-state index contributed by atoms with van der Waals surface area (Å²) >= 11 is 0. The third-order valence-electron chi connectivity index (χ3n) is 2.52. The molecular weight excluding hydrogens is 278 g/mol. The first kappa shape index (κ1) is 17.0. The Balaban J connectivity index is 2.82. The van der Waals surface area contributed by atoms with Gasteiger partial charge in [0.15, 0.2) is 0 Å². The van der Waals surface area contributed by atoms with E-state index in [1.165, 1.54) is 26.4 Å². The van der Waals surface area contributed by atoms with Crippen LogP contribution in [0.3, 0.4) is 0 Å². The minimum atomic E-state index is -0.551. The standard InChI is InChI=1S/C14H21NO6/c1-14(2,3)21-7-6-20-10-8-11(18-4)13(15(16)17)12(9-10)19-5/h8-9H,6-7H2,1-5H3. The highest BCUT2D eigenvalue weighted by Gasteiger charge is 2.23. The van der Waals surface area contributed by atoms with Crippen LogP contribution in [0.15, 0.2) is 12.1 Å². The van der Waals surface area contributed by atoms with Crippen LogP contribution in [0, 0.1) is 10.1 Å². The van der Waals surface area contributed by atoms with E-state index in [0.717, 1.165) is 0 Å². The van der Waals surface area contributed by atoms with Crippen molar-refractivity contribution in [1.29, 1.82) is 0 Å². The SMILES string of the molecule is COc1cc(OCCOC(C)(C)C)cc(OC)c1[N+](=O)[O-]. The number of ether oxygens (including phenoxy) is 4. The zero-order valence-corrected chi connectivity index (χ0v) is 13.0. The summed E-state index contributed by atoms with van der Waals surface area (Å²) in [5, 5.41) is 11.0. The van der Waals surface area contributed by atoms with Gasteiger partial charge in [0.1, 0.15) is 12.4 Å². The number of rotatable bonds is 7. The highest BCUT2D eigenvalue weighted by Crippen LogP contribution is 2.40. The fourth-order valence-corrected chi connectivity index (χ4v) is 1.64. The van der Waals surface area contributed by atoms with Gasteiger partial charge in [-0.05, 0) is 20.8 Å². The molecule has 0 unspecified atom stereocenters. The molecule has 0 spiro atoms. The van der Waals surface area contributed by atoms with Crippen molar-refractivity contribution < 1.29 is 23.9 Å². The normalized spacial score (nSPS) is 11.1. The summed E-state index contributed by atoms with van der Waals surface area (Å²) < 4.78 is 21.1. The molecular formula is C14H21NO6. The van der Waals surface area contributed by atoms with Crippen molar-refractivity contribution >= 4 is 5.69 Å². The Labute approximate surface area is 123 Å². The molecule has 0 saturated heterocycles. The number of benzene rings is 1. The Kier molecular flexibility index (Phi) is 5.78. The first-order chi connectivity index (χ1) is 9.78. The molecule has 118 valence electrons. The van der Waals surface area contributed by atoms with Crippen molar-refractivity contribution in [2.45, 2.75) is 26.4 Å². The lowest BCUT2D eigenvalue weighted by atomic mass is 10.2.